The van der Waals surface area contributed by atoms with Crippen molar-refractivity contribution in [3.05, 3.63) is 24.3 Å². The third kappa shape index (κ3) is 4.46. The first-order chi connectivity index (χ1) is 13.2. The Hall–Kier alpha value is -1.74. The van der Waals surface area contributed by atoms with Gasteiger partial charge in [0, 0.05) is 37.8 Å². The van der Waals surface area contributed by atoms with E-state index in [1.54, 1.807) is 12.1 Å². The maximum Gasteiger partial charge on any atom is 0.341 e. The van der Waals surface area contributed by atoms with Crippen molar-refractivity contribution in [1.82, 2.24) is 4.90 Å². The summed E-state index contributed by atoms with van der Waals surface area (Å²) in [7, 11) is -4.58. The van der Waals surface area contributed by atoms with Crippen molar-refractivity contribution in [2.75, 3.05) is 31.1 Å². The molecule has 9 heteroatoms. The molecular formula is C19H26F2N2O4S. The number of sulfone groups is 1. The van der Waals surface area contributed by atoms with Crippen LogP contribution in [0.4, 0.5) is 14.5 Å². The zero-order chi connectivity index (χ0) is 20.5. The van der Waals surface area contributed by atoms with Gasteiger partial charge < -0.3 is 14.5 Å². The molecule has 3 rings (SSSR count). The van der Waals surface area contributed by atoms with Gasteiger partial charge in [0.1, 0.15) is 0 Å². The molecule has 2 aliphatic rings. The number of morpholine rings is 1. The van der Waals surface area contributed by atoms with Crippen LogP contribution in [0.25, 0.3) is 0 Å². The van der Waals surface area contributed by atoms with E-state index in [2.05, 4.69) is 0 Å². The van der Waals surface area contributed by atoms with Crippen molar-refractivity contribution in [2.24, 2.45) is 5.92 Å². The highest BCUT2D eigenvalue weighted by molar-refractivity contribution is 7.91. The second-order valence-electron chi connectivity index (χ2n) is 7.56. The lowest BCUT2D eigenvalue weighted by atomic mass is 9.94. The molecule has 1 aromatic rings. The van der Waals surface area contributed by atoms with Gasteiger partial charge in [-0.2, -0.15) is 8.78 Å². The Labute approximate surface area is 164 Å². The van der Waals surface area contributed by atoms with Gasteiger partial charge in [0.15, 0.2) is 0 Å². The number of carbonyl (C=O) groups is 1. The summed E-state index contributed by atoms with van der Waals surface area (Å²) in [5, 5.41) is 0. The van der Waals surface area contributed by atoms with E-state index in [1.165, 1.54) is 12.1 Å². The normalized spacial score (nSPS) is 24.6. The minimum absolute atomic E-state index is 0.0350. The largest absolute Gasteiger partial charge is 0.372 e. The molecule has 0 bridgehead atoms. The molecule has 1 aromatic carbocycles. The summed E-state index contributed by atoms with van der Waals surface area (Å²) < 4.78 is 54.0. The van der Waals surface area contributed by atoms with Crippen molar-refractivity contribution in [1.29, 1.82) is 0 Å². The van der Waals surface area contributed by atoms with Gasteiger partial charge in [-0.05, 0) is 51.0 Å². The third-order valence-corrected chi connectivity index (χ3v) is 6.74. The molecular weight excluding hydrogens is 390 g/mol. The van der Waals surface area contributed by atoms with Crippen LogP contribution in [0.3, 0.4) is 0 Å². The molecule has 0 radical (unpaired) electrons. The molecule has 28 heavy (non-hydrogen) atoms. The average molecular weight is 416 g/mol. The molecule has 0 spiro atoms. The van der Waals surface area contributed by atoms with Gasteiger partial charge in [-0.3, -0.25) is 4.79 Å². The Bertz CT molecular complexity index is 783. The summed E-state index contributed by atoms with van der Waals surface area (Å²) in [6.45, 7) is 6.49. The fourth-order valence-electron chi connectivity index (χ4n) is 3.95. The van der Waals surface area contributed by atoms with E-state index in [-0.39, 0.29) is 28.9 Å². The number of halogens is 2. The van der Waals surface area contributed by atoms with E-state index < -0.39 is 15.6 Å². The SMILES string of the molecule is CC1CN(C(=O)C2CCN(c3ccc(S(=O)(=O)C(F)F)cc3)CC2)CC(C)O1. The number of ether oxygens (including phenoxy) is 1. The van der Waals surface area contributed by atoms with E-state index in [0.29, 0.717) is 39.0 Å². The van der Waals surface area contributed by atoms with Gasteiger partial charge in [0.05, 0.1) is 17.1 Å². The predicted molar refractivity (Wildman–Crippen MR) is 101 cm³/mol. The van der Waals surface area contributed by atoms with Gasteiger partial charge >= 0.3 is 5.76 Å². The summed E-state index contributed by atoms with van der Waals surface area (Å²) >= 11 is 0. The lowest BCUT2D eigenvalue weighted by Crippen LogP contribution is -2.51. The zero-order valence-electron chi connectivity index (χ0n) is 16.1. The van der Waals surface area contributed by atoms with Gasteiger partial charge in [-0.15, -0.1) is 0 Å². The molecule has 2 fully saturated rings. The highest BCUT2D eigenvalue weighted by Gasteiger charge is 2.33. The molecule has 2 heterocycles. The molecule has 0 aliphatic carbocycles. The van der Waals surface area contributed by atoms with Crippen molar-refractivity contribution in [3.8, 4) is 0 Å². The summed E-state index contributed by atoms with van der Waals surface area (Å²) in [6.07, 6.45) is 1.48. The maximum absolute atomic E-state index is 12.8. The van der Waals surface area contributed by atoms with Crippen LogP contribution in [-0.2, 0) is 19.4 Å². The Morgan fingerprint density at radius 3 is 2.11 bits per heavy atom. The number of carbonyl (C=O) groups excluding carboxylic acids is 1. The van der Waals surface area contributed by atoms with Crippen LogP contribution in [0.2, 0.25) is 0 Å². The number of amides is 1. The average Bonchev–Trinajstić information content (AvgIpc) is 2.67. The van der Waals surface area contributed by atoms with Crippen LogP contribution in [0.15, 0.2) is 29.2 Å². The lowest BCUT2D eigenvalue weighted by molar-refractivity contribution is -0.148. The summed E-state index contributed by atoms with van der Waals surface area (Å²) in [6, 6.07) is 5.51. The van der Waals surface area contributed by atoms with Crippen LogP contribution < -0.4 is 4.90 Å². The molecule has 6 nitrogen and oxygen atoms in total. The number of hydrogen-bond donors (Lipinski definition) is 0. The van der Waals surface area contributed by atoms with Crippen molar-refractivity contribution >= 4 is 21.4 Å². The molecule has 2 aliphatic heterocycles. The van der Waals surface area contributed by atoms with Gasteiger partial charge in [-0.25, -0.2) is 8.42 Å². The first-order valence-corrected chi connectivity index (χ1v) is 11.0. The minimum Gasteiger partial charge on any atom is -0.372 e. The number of hydrogen-bond acceptors (Lipinski definition) is 5. The monoisotopic (exact) mass is 416 g/mol. The van der Waals surface area contributed by atoms with E-state index in [9.17, 15) is 22.0 Å². The number of nitrogens with zero attached hydrogens (tertiary/aromatic N) is 2. The standard InChI is InChI=1S/C19H26F2N2O4S/c1-13-11-23(12-14(2)27-13)18(24)15-7-9-22(10-8-15)16-3-5-17(6-4-16)28(25,26)19(20)21/h3-6,13-15,19H,7-12H2,1-2H3. The molecule has 1 amide bonds. The Morgan fingerprint density at radius 1 is 1.07 bits per heavy atom. The zero-order valence-corrected chi connectivity index (χ0v) is 16.9. The lowest BCUT2D eigenvalue weighted by Gasteiger charge is -2.39. The van der Waals surface area contributed by atoms with Crippen LogP contribution in [-0.4, -0.2) is 63.4 Å². The van der Waals surface area contributed by atoms with Crippen LogP contribution in [0, 0.1) is 5.92 Å². The predicted octanol–water partition coefficient (Wildman–Crippen LogP) is 2.54. The quantitative estimate of drug-likeness (QED) is 0.755. The highest BCUT2D eigenvalue weighted by atomic mass is 32.2. The maximum atomic E-state index is 12.8. The Kier molecular flexibility index (Phi) is 6.24. The molecule has 2 atom stereocenters. The van der Waals surface area contributed by atoms with Crippen molar-refractivity contribution in [3.63, 3.8) is 0 Å². The van der Waals surface area contributed by atoms with Gasteiger partial charge in [0.2, 0.25) is 15.7 Å². The van der Waals surface area contributed by atoms with Crippen LogP contribution in [0.1, 0.15) is 26.7 Å². The molecule has 2 unspecified atom stereocenters. The number of benzene rings is 1. The second kappa shape index (κ2) is 8.32. The Morgan fingerprint density at radius 2 is 1.61 bits per heavy atom. The fourth-order valence-corrected chi connectivity index (χ4v) is 4.67. The first-order valence-electron chi connectivity index (χ1n) is 9.49. The number of alkyl halides is 2. The number of anilines is 1. The molecule has 156 valence electrons. The van der Waals surface area contributed by atoms with E-state index in [4.69, 9.17) is 4.74 Å². The molecule has 0 aromatic heterocycles. The van der Waals surface area contributed by atoms with Gasteiger partial charge in [0.25, 0.3) is 0 Å². The van der Waals surface area contributed by atoms with Gasteiger partial charge in [-0.1, -0.05) is 0 Å². The Balaban J connectivity index is 1.59. The second-order valence-corrected chi connectivity index (χ2v) is 9.48. The van der Waals surface area contributed by atoms with Crippen LogP contribution >= 0.6 is 0 Å². The highest BCUT2D eigenvalue weighted by Crippen LogP contribution is 2.27. The fraction of sp³-hybridized carbons (Fsp3) is 0.632. The molecule has 0 N–H and O–H groups in total. The smallest absolute Gasteiger partial charge is 0.341 e. The van der Waals surface area contributed by atoms with E-state index >= 15 is 0 Å². The molecule has 2 saturated heterocycles. The topological polar surface area (TPSA) is 66.9 Å². The van der Waals surface area contributed by atoms with Crippen LogP contribution in [0.5, 0.6) is 0 Å². The third-order valence-electron chi connectivity index (χ3n) is 5.34. The van der Waals surface area contributed by atoms with Crippen molar-refractivity contribution < 1.29 is 26.7 Å². The molecule has 0 saturated carbocycles. The number of piperidine rings is 1. The minimum atomic E-state index is -4.58. The first kappa shape index (κ1) is 21.0. The summed E-state index contributed by atoms with van der Waals surface area (Å²) in [5.74, 6) is -3.29. The van der Waals surface area contributed by atoms with E-state index in [1.807, 2.05) is 23.6 Å². The summed E-state index contributed by atoms with van der Waals surface area (Å²) in [5.41, 5.74) is 0.771. The van der Waals surface area contributed by atoms with Crippen molar-refractivity contribution in [2.45, 2.75) is 49.6 Å². The summed E-state index contributed by atoms with van der Waals surface area (Å²) in [4.78, 5) is 16.4. The number of rotatable bonds is 4. The van der Waals surface area contributed by atoms with E-state index in [0.717, 1.165) is 5.69 Å².